The van der Waals surface area contributed by atoms with Crippen LogP contribution < -0.4 is 14.7 Å². The molecule has 1 aliphatic carbocycles. The molecule has 0 radical (unpaired) electrons. The molecular weight excluding hydrogens is 326 g/mol. The van der Waals surface area contributed by atoms with Crippen LogP contribution in [0, 0.1) is 0 Å². The Hall–Kier alpha value is -2.44. The van der Waals surface area contributed by atoms with Gasteiger partial charge in [-0.25, -0.2) is 19.9 Å². The monoisotopic (exact) mass is 351 g/mol. The van der Waals surface area contributed by atoms with E-state index >= 15 is 0 Å². The first-order valence-electron chi connectivity index (χ1n) is 9.77. The van der Waals surface area contributed by atoms with Gasteiger partial charge < -0.3 is 14.7 Å². The second kappa shape index (κ2) is 6.70. The molecule has 4 heterocycles. The molecule has 136 valence electrons. The average molecular weight is 351 g/mol. The molecule has 0 bridgehead atoms. The van der Waals surface area contributed by atoms with Gasteiger partial charge in [-0.3, -0.25) is 0 Å². The van der Waals surface area contributed by atoms with Crippen LogP contribution >= 0.6 is 0 Å². The lowest BCUT2D eigenvalue weighted by Gasteiger charge is -2.36. The van der Waals surface area contributed by atoms with E-state index in [4.69, 9.17) is 4.98 Å². The molecular formula is C19H25N7. The fraction of sp³-hybridized carbons (Fsp3) is 0.579. The van der Waals surface area contributed by atoms with Crippen LogP contribution in [-0.2, 0) is 0 Å². The smallest absolute Gasteiger partial charge is 0.134 e. The summed E-state index contributed by atoms with van der Waals surface area (Å²) in [6, 6.07) is 4.19. The first kappa shape index (κ1) is 15.8. The summed E-state index contributed by atoms with van der Waals surface area (Å²) in [5, 5.41) is 0. The molecule has 0 atom stereocenters. The van der Waals surface area contributed by atoms with Gasteiger partial charge in [0.25, 0.3) is 0 Å². The Labute approximate surface area is 154 Å². The highest BCUT2D eigenvalue weighted by molar-refractivity contribution is 5.52. The summed E-state index contributed by atoms with van der Waals surface area (Å²) >= 11 is 0. The Balaban J connectivity index is 1.25. The van der Waals surface area contributed by atoms with Gasteiger partial charge in [-0.2, -0.15) is 0 Å². The summed E-state index contributed by atoms with van der Waals surface area (Å²) in [4.78, 5) is 25.3. The molecule has 7 heteroatoms. The molecule has 0 aromatic carbocycles. The van der Waals surface area contributed by atoms with Gasteiger partial charge in [-0.1, -0.05) is 0 Å². The van der Waals surface area contributed by atoms with Crippen molar-refractivity contribution in [2.45, 2.75) is 31.6 Å². The number of hydrogen-bond acceptors (Lipinski definition) is 7. The van der Waals surface area contributed by atoms with Gasteiger partial charge in [-0.05, 0) is 31.7 Å². The zero-order chi connectivity index (χ0) is 17.3. The normalized spacial score (nSPS) is 20.7. The Morgan fingerprint density at radius 2 is 1.35 bits per heavy atom. The maximum Gasteiger partial charge on any atom is 0.134 e. The molecule has 0 amide bonds. The largest absolute Gasteiger partial charge is 0.356 e. The lowest BCUT2D eigenvalue weighted by Crippen LogP contribution is -2.47. The van der Waals surface area contributed by atoms with Crippen molar-refractivity contribution in [3.63, 3.8) is 0 Å². The van der Waals surface area contributed by atoms with E-state index in [9.17, 15) is 0 Å². The third kappa shape index (κ3) is 3.18. The number of piperazine rings is 1. The van der Waals surface area contributed by atoms with Crippen molar-refractivity contribution in [2.75, 3.05) is 54.0 Å². The zero-order valence-corrected chi connectivity index (χ0v) is 15.1. The second-order valence-corrected chi connectivity index (χ2v) is 7.45. The van der Waals surface area contributed by atoms with Crippen LogP contribution in [0.15, 0.2) is 24.7 Å². The Kier molecular flexibility index (Phi) is 4.07. The van der Waals surface area contributed by atoms with Crippen molar-refractivity contribution < 1.29 is 0 Å². The number of rotatable bonds is 4. The van der Waals surface area contributed by atoms with E-state index in [1.807, 2.05) is 12.3 Å². The molecule has 0 N–H and O–H groups in total. The van der Waals surface area contributed by atoms with Crippen LogP contribution in [0.1, 0.15) is 37.4 Å². The summed E-state index contributed by atoms with van der Waals surface area (Å²) in [6.45, 7) is 6.06. The summed E-state index contributed by atoms with van der Waals surface area (Å²) in [5.74, 6) is 4.81. The summed E-state index contributed by atoms with van der Waals surface area (Å²) < 4.78 is 0. The van der Waals surface area contributed by atoms with E-state index in [1.54, 1.807) is 6.33 Å². The molecule has 3 aliphatic rings. The van der Waals surface area contributed by atoms with E-state index in [-0.39, 0.29) is 0 Å². The minimum atomic E-state index is 0.598. The van der Waals surface area contributed by atoms with E-state index in [0.717, 1.165) is 62.5 Å². The van der Waals surface area contributed by atoms with Crippen LogP contribution in [0.4, 0.5) is 17.5 Å². The standard InChI is InChI=1S/C19H25N7/c1-2-8-24(7-1)17-13-18(22-14-21-17)26-11-9-25(10-12-26)16-5-6-20-19(23-16)15-3-4-15/h5-6,13-15H,1-4,7-12H2. The number of nitrogens with zero attached hydrogens (tertiary/aromatic N) is 7. The second-order valence-electron chi connectivity index (χ2n) is 7.45. The van der Waals surface area contributed by atoms with E-state index in [0.29, 0.717) is 5.92 Å². The van der Waals surface area contributed by atoms with Crippen LogP contribution in [0.5, 0.6) is 0 Å². The molecule has 26 heavy (non-hydrogen) atoms. The molecule has 3 fully saturated rings. The molecule has 1 saturated carbocycles. The van der Waals surface area contributed by atoms with Crippen LogP contribution in [0.2, 0.25) is 0 Å². The predicted octanol–water partition coefficient (Wildman–Crippen LogP) is 2.07. The molecule has 2 aromatic heterocycles. The number of anilines is 3. The molecule has 2 aromatic rings. The van der Waals surface area contributed by atoms with E-state index < -0.39 is 0 Å². The van der Waals surface area contributed by atoms with Crippen LogP contribution in [0.25, 0.3) is 0 Å². The highest BCUT2D eigenvalue weighted by Gasteiger charge is 2.27. The van der Waals surface area contributed by atoms with Gasteiger partial charge in [0, 0.05) is 57.4 Å². The van der Waals surface area contributed by atoms with Crippen molar-refractivity contribution in [1.29, 1.82) is 0 Å². The van der Waals surface area contributed by atoms with Crippen LogP contribution in [0.3, 0.4) is 0 Å². The van der Waals surface area contributed by atoms with Gasteiger partial charge in [-0.15, -0.1) is 0 Å². The van der Waals surface area contributed by atoms with Gasteiger partial charge in [0.1, 0.15) is 29.6 Å². The lowest BCUT2D eigenvalue weighted by atomic mass is 10.3. The highest BCUT2D eigenvalue weighted by atomic mass is 15.3. The predicted molar refractivity (Wildman–Crippen MR) is 102 cm³/mol. The van der Waals surface area contributed by atoms with Gasteiger partial charge in [0.2, 0.25) is 0 Å². The van der Waals surface area contributed by atoms with Crippen molar-refractivity contribution in [1.82, 2.24) is 19.9 Å². The third-order valence-corrected chi connectivity index (χ3v) is 5.60. The average Bonchev–Trinajstić information content (AvgIpc) is 3.42. The third-order valence-electron chi connectivity index (χ3n) is 5.60. The maximum atomic E-state index is 4.79. The molecule has 2 aliphatic heterocycles. The lowest BCUT2D eigenvalue weighted by molar-refractivity contribution is 0.638. The van der Waals surface area contributed by atoms with Crippen molar-refractivity contribution >= 4 is 17.5 Å². The Morgan fingerprint density at radius 1 is 0.731 bits per heavy atom. The van der Waals surface area contributed by atoms with Gasteiger partial charge in [0.05, 0.1) is 0 Å². The summed E-state index contributed by atoms with van der Waals surface area (Å²) in [7, 11) is 0. The SMILES string of the molecule is c1nc(N2CCCC2)cc(N2CCN(c3ccnc(C4CC4)n3)CC2)n1. The molecule has 0 unspecified atom stereocenters. The first-order chi connectivity index (χ1) is 12.9. The van der Waals surface area contributed by atoms with Crippen LogP contribution in [-0.4, -0.2) is 59.2 Å². The minimum Gasteiger partial charge on any atom is -0.356 e. The van der Waals surface area contributed by atoms with E-state index in [1.165, 1.54) is 25.7 Å². The topological polar surface area (TPSA) is 61.3 Å². The van der Waals surface area contributed by atoms with Crippen molar-refractivity contribution in [2.24, 2.45) is 0 Å². The maximum absolute atomic E-state index is 4.79. The van der Waals surface area contributed by atoms with E-state index in [2.05, 4.69) is 35.7 Å². The highest BCUT2D eigenvalue weighted by Crippen LogP contribution is 2.38. The van der Waals surface area contributed by atoms with Crippen molar-refractivity contribution in [3.05, 3.63) is 30.5 Å². The molecule has 0 spiro atoms. The Bertz CT molecular complexity index is 762. The fourth-order valence-corrected chi connectivity index (χ4v) is 3.87. The number of hydrogen-bond donors (Lipinski definition) is 0. The molecule has 7 nitrogen and oxygen atoms in total. The van der Waals surface area contributed by atoms with Crippen molar-refractivity contribution in [3.8, 4) is 0 Å². The molecule has 2 saturated heterocycles. The zero-order valence-electron chi connectivity index (χ0n) is 15.1. The van der Waals surface area contributed by atoms with Gasteiger partial charge >= 0.3 is 0 Å². The minimum absolute atomic E-state index is 0.598. The first-order valence-corrected chi connectivity index (χ1v) is 9.77. The molecule has 5 rings (SSSR count). The number of aromatic nitrogens is 4. The quantitative estimate of drug-likeness (QED) is 0.835. The van der Waals surface area contributed by atoms with Gasteiger partial charge in [0.15, 0.2) is 0 Å². The fourth-order valence-electron chi connectivity index (χ4n) is 3.87. The Morgan fingerprint density at radius 3 is 2.00 bits per heavy atom. The summed E-state index contributed by atoms with van der Waals surface area (Å²) in [6.07, 6.45) is 8.63. The summed E-state index contributed by atoms with van der Waals surface area (Å²) in [5.41, 5.74) is 0.